The molecule has 3 rings (SSSR count). The Morgan fingerprint density at radius 2 is 2.24 bits per heavy atom. The third-order valence-electron chi connectivity index (χ3n) is 4.37. The Bertz CT molecular complexity index is 536. The number of rotatable bonds is 2. The molecule has 1 saturated carbocycles. The smallest absolute Gasteiger partial charge is 0.291 e. The minimum Gasteiger partial charge on any atom is -0.376 e. The van der Waals surface area contributed by atoms with E-state index in [4.69, 9.17) is 10.5 Å². The highest BCUT2D eigenvalue weighted by molar-refractivity contribution is 5.90. The zero-order chi connectivity index (χ0) is 15.2. The van der Waals surface area contributed by atoms with Crippen LogP contribution in [0.25, 0.3) is 0 Å². The molecule has 1 aliphatic carbocycles. The molecule has 2 heterocycles. The van der Waals surface area contributed by atoms with Crippen molar-refractivity contribution in [3.05, 3.63) is 11.6 Å². The fourth-order valence-electron chi connectivity index (χ4n) is 3.04. The molecule has 0 bridgehead atoms. The van der Waals surface area contributed by atoms with E-state index in [2.05, 4.69) is 20.5 Å². The summed E-state index contributed by atoms with van der Waals surface area (Å²) in [5.74, 6) is 0.917. The molecule has 2 fully saturated rings. The highest BCUT2D eigenvalue weighted by Crippen LogP contribution is 2.37. The number of carbonyl (C=O) groups is 1. The summed E-state index contributed by atoms with van der Waals surface area (Å²) in [6.07, 6.45) is 2.16. The molecular formula is C14H23N5O2. The monoisotopic (exact) mass is 293 g/mol. The second kappa shape index (κ2) is 5.06. The van der Waals surface area contributed by atoms with Crippen molar-refractivity contribution in [2.24, 2.45) is 11.7 Å². The Labute approximate surface area is 124 Å². The van der Waals surface area contributed by atoms with Crippen molar-refractivity contribution in [3.8, 4) is 0 Å². The molecular weight excluding hydrogens is 270 g/mol. The van der Waals surface area contributed by atoms with E-state index in [1.165, 1.54) is 0 Å². The average molecular weight is 293 g/mol. The number of nitrogens with two attached hydrogens (primary N) is 1. The molecule has 4 unspecified atom stereocenters. The first-order valence-electron chi connectivity index (χ1n) is 7.49. The van der Waals surface area contributed by atoms with Gasteiger partial charge in [-0.3, -0.25) is 9.89 Å². The van der Waals surface area contributed by atoms with Crippen molar-refractivity contribution < 1.29 is 9.53 Å². The van der Waals surface area contributed by atoms with Crippen molar-refractivity contribution in [1.82, 2.24) is 20.5 Å². The number of nitrogens with zero attached hydrogens (tertiary/aromatic N) is 2. The molecule has 0 aromatic carbocycles. The maximum Gasteiger partial charge on any atom is 0.291 e. The lowest BCUT2D eigenvalue weighted by atomic mass is 9.68. The van der Waals surface area contributed by atoms with Gasteiger partial charge in [-0.1, -0.05) is 20.8 Å². The molecule has 4 N–H and O–H groups in total. The number of hydrogen-bond donors (Lipinski definition) is 3. The first-order valence-corrected chi connectivity index (χ1v) is 7.49. The maximum atomic E-state index is 12.2. The lowest BCUT2D eigenvalue weighted by Gasteiger charge is -2.52. The first kappa shape index (κ1) is 14.5. The summed E-state index contributed by atoms with van der Waals surface area (Å²) in [5.41, 5.74) is 5.96. The zero-order valence-corrected chi connectivity index (χ0v) is 12.7. The van der Waals surface area contributed by atoms with Gasteiger partial charge in [0, 0.05) is 24.0 Å². The number of aromatic nitrogens is 3. The Hall–Kier alpha value is -1.47. The van der Waals surface area contributed by atoms with Gasteiger partial charge in [0.15, 0.2) is 0 Å². The van der Waals surface area contributed by atoms with Gasteiger partial charge in [0.2, 0.25) is 5.82 Å². The van der Waals surface area contributed by atoms with E-state index in [1.807, 2.05) is 20.8 Å². The molecule has 1 aliphatic heterocycles. The largest absolute Gasteiger partial charge is 0.376 e. The summed E-state index contributed by atoms with van der Waals surface area (Å²) in [6.45, 7) is 6.78. The van der Waals surface area contributed by atoms with Crippen LogP contribution < -0.4 is 11.1 Å². The second-order valence-electron chi connectivity index (χ2n) is 6.98. The van der Waals surface area contributed by atoms with Gasteiger partial charge in [-0.15, -0.1) is 5.10 Å². The predicted molar refractivity (Wildman–Crippen MR) is 76.8 cm³/mol. The normalized spacial score (nSPS) is 32.2. The highest BCUT2D eigenvalue weighted by Gasteiger charge is 2.51. The quantitative estimate of drug-likeness (QED) is 0.729. The summed E-state index contributed by atoms with van der Waals surface area (Å²) in [6, 6.07) is -0.181. The van der Waals surface area contributed by atoms with E-state index < -0.39 is 0 Å². The van der Waals surface area contributed by atoms with Crippen LogP contribution in [0.2, 0.25) is 0 Å². The molecule has 0 radical (unpaired) electrons. The Morgan fingerprint density at radius 3 is 2.90 bits per heavy atom. The predicted octanol–water partition coefficient (Wildman–Crippen LogP) is 0.337. The van der Waals surface area contributed by atoms with E-state index in [-0.39, 0.29) is 35.3 Å². The Balaban J connectivity index is 1.65. The van der Waals surface area contributed by atoms with Gasteiger partial charge in [0.05, 0.1) is 12.1 Å². The zero-order valence-electron chi connectivity index (χ0n) is 12.7. The number of nitrogens with one attached hydrogen (secondary N) is 2. The average Bonchev–Trinajstić information content (AvgIpc) is 2.94. The van der Waals surface area contributed by atoms with Crippen LogP contribution in [0.15, 0.2) is 0 Å². The van der Waals surface area contributed by atoms with Gasteiger partial charge in [0.25, 0.3) is 5.91 Å². The van der Waals surface area contributed by atoms with Gasteiger partial charge in [0.1, 0.15) is 5.82 Å². The molecule has 1 saturated heterocycles. The number of carbonyl (C=O) groups excluding carboxylic acids is 1. The maximum absolute atomic E-state index is 12.2. The van der Waals surface area contributed by atoms with Crippen LogP contribution in [-0.4, -0.2) is 45.9 Å². The minimum absolute atomic E-state index is 0.0405. The summed E-state index contributed by atoms with van der Waals surface area (Å²) < 4.78 is 5.71. The second-order valence-corrected chi connectivity index (χ2v) is 6.98. The lowest BCUT2D eigenvalue weighted by Crippen LogP contribution is -2.72. The fraction of sp³-hybridized carbons (Fsp3) is 0.786. The van der Waals surface area contributed by atoms with Crippen molar-refractivity contribution in [3.63, 3.8) is 0 Å². The van der Waals surface area contributed by atoms with E-state index in [0.717, 1.165) is 19.4 Å². The van der Waals surface area contributed by atoms with E-state index >= 15 is 0 Å². The van der Waals surface area contributed by atoms with Gasteiger partial charge in [-0.2, -0.15) is 0 Å². The van der Waals surface area contributed by atoms with Crippen molar-refractivity contribution in [2.75, 3.05) is 6.61 Å². The third-order valence-corrected chi connectivity index (χ3v) is 4.37. The number of ether oxygens (including phenoxy) is 1. The first-order chi connectivity index (χ1) is 9.88. The highest BCUT2D eigenvalue weighted by atomic mass is 16.5. The van der Waals surface area contributed by atoms with Gasteiger partial charge < -0.3 is 15.8 Å². The molecule has 1 amide bonds. The third kappa shape index (κ3) is 2.55. The molecule has 21 heavy (non-hydrogen) atoms. The number of hydrogen-bond acceptors (Lipinski definition) is 5. The van der Waals surface area contributed by atoms with Crippen LogP contribution in [0.4, 0.5) is 0 Å². The van der Waals surface area contributed by atoms with Crippen molar-refractivity contribution in [2.45, 2.75) is 57.2 Å². The Kier molecular flexibility index (Phi) is 3.49. The van der Waals surface area contributed by atoms with E-state index in [9.17, 15) is 4.79 Å². The minimum atomic E-state index is -0.296. The summed E-state index contributed by atoms with van der Waals surface area (Å²) in [7, 11) is 0. The van der Waals surface area contributed by atoms with E-state index in [0.29, 0.717) is 11.7 Å². The molecule has 2 aliphatic rings. The molecule has 7 heteroatoms. The SMILES string of the molecule is CC(C)(C)c1nc(C(=O)NC2C(N)C3CCCOC32)n[nH]1. The molecule has 1 aromatic rings. The molecule has 116 valence electrons. The van der Waals surface area contributed by atoms with Crippen molar-refractivity contribution in [1.29, 1.82) is 0 Å². The van der Waals surface area contributed by atoms with Gasteiger partial charge >= 0.3 is 0 Å². The van der Waals surface area contributed by atoms with Gasteiger partial charge in [-0.25, -0.2) is 4.98 Å². The topological polar surface area (TPSA) is 106 Å². The number of fused-ring (bicyclic) bond motifs is 1. The molecule has 4 atom stereocenters. The summed E-state index contributed by atoms with van der Waals surface area (Å²) in [4.78, 5) is 16.5. The standard InChI is InChI=1S/C14H23N5O2/c1-14(2,3)13-17-11(18-19-13)12(20)16-9-8(15)7-5-4-6-21-10(7)9/h7-10H,4-6,15H2,1-3H3,(H,16,20)(H,17,18,19). The molecule has 1 aromatic heterocycles. The molecule has 0 spiro atoms. The van der Waals surface area contributed by atoms with Crippen LogP contribution in [0, 0.1) is 5.92 Å². The fourth-order valence-corrected chi connectivity index (χ4v) is 3.04. The van der Waals surface area contributed by atoms with Crippen LogP contribution in [0.3, 0.4) is 0 Å². The van der Waals surface area contributed by atoms with Crippen LogP contribution in [0.1, 0.15) is 50.1 Å². The Morgan fingerprint density at radius 1 is 1.48 bits per heavy atom. The summed E-state index contributed by atoms with van der Waals surface area (Å²) in [5, 5.41) is 9.72. The van der Waals surface area contributed by atoms with Crippen LogP contribution in [0.5, 0.6) is 0 Å². The van der Waals surface area contributed by atoms with E-state index in [1.54, 1.807) is 0 Å². The van der Waals surface area contributed by atoms with Crippen LogP contribution >= 0.6 is 0 Å². The lowest BCUT2D eigenvalue weighted by molar-refractivity contribution is -0.117. The summed E-state index contributed by atoms with van der Waals surface area (Å²) >= 11 is 0. The number of aromatic amines is 1. The molecule has 7 nitrogen and oxygen atoms in total. The van der Waals surface area contributed by atoms with Crippen LogP contribution in [-0.2, 0) is 10.2 Å². The number of amides is 1. The van der Waals surface area contributed by atoms with Crippen molar-refractivity contribution >= 4 is 5.91 Å². The van der Waals surface area contributed by atoms with Gasteiger partial charge in [-0.05, 0) is 12.8 Å². The number of H-pyrrole nitrogens is 1.